The van der Waals surface area contributed by atoms with Crippen LogP contribution >= 0.6 is 0 Å². The fourth-order valence-corrected chi connectivity index (χ4v) is 12.8. The second-order valence-electron chi connectivity index (χ2n) is 23.2. The Morgan fingerprint density at radius 3 is 1.47 bits per heavy atom. The summed E-state index contributed by atoms with van der Waals surface area (Å²) in [6.07, 6.45) is 29.0. The number of phenols is 1. The molecule has 0 radical (unpaired) electrons. The fraction of sp³-hybridized carbons (Fsp3) is 0.600. The molecule has 0 aromatic heterocycles. The first-order valence-corrected chi connectivity index (χ1v) is 29.7. The van der Waals surface area contributed by atoms with E-state index < -0.39 is 11.9 Å². The lowest BCUT2D eigenvalue weighted by Crippen LogP contribution is -2.52. The topological polar surface area (TPSA) is 141 Å². The van der Waals surface area contributed by atoms with Crippen LogP contribution in [0.2, 0.25) is 0 Å². The van der Waals surface area contributed by atoms with Crippen LogP contribution in [0.25, 0.3) is 0 Å². The number of fused-ring (bicyclic) bond motifs is 2. The minimum absolute atomic E-state index is 0.00239. The molecule has 6 bridgehead atoms. The molecule has 422 valence electrons. The third-order valence-electron chi connectivity index (χ3n) is 17.5. The molecular formula is C65H94N2O10+2. The highest BCUT2D eigenvalue weighted by molar-refractivity contribution is 5.67. The van der Waals surface area contributed by atoms with Crippen LogP contribution in [0.1, 0.15) is 200 Å². The number of carboxylic acids is 2. The second kappa shape index (κ2) is 29.5. The van der Waals surface area contributed by atoms with Gasteiger partial charge in [0.1, 0.15) is 17.8 Å². The number of hydrogen-bond acceptors (Lipinski definition) is 8. The van der Waals surface area contributed by atoms with Gasteiger partial charge in [-0.15, -0.1) is 0 Å². The summed E-state index contributed by atoms with van der Waals surface area (Å²) < 4.78 is 33.8. The molecule has 0 saturated carbocycles. The van der Waals surface area contributed by atoms with E-state index in [0.717, 1.165) is 135 Å². The smallest absolute Gasteiger partial charge is 0.303 e. The molecule has 8 rings (SSSR count). The highest BCUT2D eigenvalue weighted by Crippen LogP contribution is 2.53. The monoisotopic (exact) mass is 1060 g/mol. The van der Waals surface area contributed by atoms with Gasteiger partial charge in [0, 0.05) is 44.1 Å². The summed E-state index contributed by atoms with van der Waals surface area (Å²) in [6.45, 7) is 4.01. The zero-order chi connectivity index (χ0) is 54.6. The highest BCUT2D eigenvalue weighted by atomic mass is 16.5. The maximum absolute atomic E-state index is 12.4. The molecule has 3 N–H and O–H groups in total. The third kappa shape index (κ3) is 16.5. The number of hydrogen-bond donors (Lipinski definition) is 3. The van der Waals surface area contributed by atoms with Gasteiger partial charge in [-0.2, -0.15) is 0 Å². The van der Waals surface area contributed by atoms with Gasteiger partial charge in [0.2, 0.25) is 5.75 Å². The molecule has 0 aliphatic carbocycles. The number of quaternary nitrogens is 2. The normalized spacial score (nSPS) is 19.5. The molecule has 0 spiro atoms. The zero-order valence-electron chi connectivity index (χ0n) is 47.6. The number of ether oxygens (including phenoxy) is 5. The van der Waals surface area contributed by atoms with E-state index >= 15 is 0 Å². The molecule has 0 amide bonds. The van der Waals surface area contributed by atoms with Crippen LogP contribution in [0.4, 0.5) is 0 Å². The standard InChI is InChI=1S/C65H92N2O10/c1-66(38-26-22-18-14-10-6-8-12-16-20-24-28-61(68)69)40-36-50-45-57(74-4)59-47-53(50)54(66)42-48-30-33-52(34-31-48)76-58-44-49(32-35-56(58)73-3)43-55-63-51(46-60(75-5)64(72)65(63)77-59)37-41-67(55,2)39-27-23-19-15-11-7-9-13-17-21-25-29-62(70)71/h30-35,44-47,54-55H,6-29,36-43H2,1-5H3,(H-2,68,69,70,71,72)/p+2. The Hall–Kier alpha value is -5.46. The number of nitrogens with zero attached hydrogens (tertiary/aromatic N) is 2. The average Bonchev–Trinajstić information content (AvgIpc) is 3.42. The van der Waals surface area contributed by atoms with Crippen LogP contribution in [0.15, 0.2) is 60.7 Å². The lowest BCUT2D eigenvalue weighted by atomic mass is 9.84. The number of aliphatic carboxylic acids is 2. The van der Waals surface area contributed by atoms with Gasteiger partial charge < -0.3 is 48.0 Å². The van der Waals surface area contributed by atoms with Gasteiger partial charge in [-0.25, -0.2) is 0 Å². The SMILES string of the molecule is COc1ccc2cc1Oc1ccc(cc1)CC1c3cc(c(OC)cc3CC[N+]1(C)CCCCCCCCCCCCCC(=O)O)Oc1c(O)c(OC)cc3c1C(C2)[N+](C)(CCCCCCCCCCCCCC(=O)O)CC3. The van der Waals surface area contributed by atoms with E-state index in [1.807, 2.05) is 12.1 Å². The highest BCUT2D eigenvalue weighted by Gasteiger charge is 2.44. The van der Waals surface area contributed by atoms with Crippen molar-refractivity contribution in [1.29, 1.82) is 0 Å². The van der Waals surface area contributed by atoms with E-state index in [1.165, 1.54) is 100 Å². The van der Waals surface area contributed by atoms with Crippen molar-refractivity contribution >= 4 is 11.9 Å². The van der Waals surface area contributed by atoms with Gasteiger partial charge in [0.05, 0.1) is 67.2 Å². The fourth-order valence-electron chi connectivity index (χ4n) is 12.8. The quantitative estimate of drug-likeness (QED) is 0.0329. The number of unbranched alkanes of at least 4 members (excludes halogenated alkanes) is 20. The van der Waals surface area contributed by atoms with Crippen LogP contribution in [0, 0.1) is 0 Å². The predicted octanol–water partition coefficient (Wildman–Crippen LogP) is 15.4. The average molecular weight is 1060 g/mol. The first kappa shape index (κ1) is 59.2. The van der Waals surface area contributed by atoms with Gasteiger partial charge in [0.15, 0.2) is 34.5 Å². The van der Waals surface area contributed by atoms with Crippen molar-refractivity contribution in [3.63, 3.8) is 0 Å². The number of phenolic OH excluding ortho intramolecular Hbond substituents is 1. The molecule has 0 fully saturated rings. The van der Waals surface area contributed by atoms with E-state index in [2.05, 4.69) is 62.6 Å². The molecule has 4 aromatic rings. The Labute approximate surface area is 461 Å². The first-order chi connectivity index (χ1) is 37.3. The molecule has 4 unspecified atom stereocenters. The Morgan fingerprint density at radius 1 is 0.506 bits per heavy atom. The van der Waals surface area contributed by atoms with Crippen molar-refractivity contribution in [1.82, 2.24) is 0 Å². The zero-order valence-corrected chi connectivity index (χ0v) is 47.6. The summed E-state index contributed by atoms with van der Waals surface area (Å²) in [6, 6.07) is 21.4. The van der Waals surface area contributed by atoms with Crippen LogP contribution in [-0.2, 0) is 35.3 Å². The number of aromatic hydroxyl groups is 1. The Bertz CT molecular complexity index is 2510. The van der Waals surface area contributed by atoms with E-state index in [4.69, 9.17) is 33.9 Å². The van der Waals surface area contributed by atoms with Crippen molar-refractivity contribution in [2.75, 3.05) is 61.6 Å². The molecular weight excluding hydrogens is 969 g/mol. The molecule has 4 atom stereocenters. The van der Waals surface area contributed by atoms with Crippen LogP contribution in [0.3, 0.4) is 0 Å². The van der Waals surface area contributed by atoms with Gasteiger partial charge in [-0.05, 0) is 103 Å². The summed E-state index contributed by atoms with van der Waals surface area (Å²) >= 11 is 0. The van der Waals surface area contributed by atoms with Crippen molar-refractivity contribution in [2.24, 2.45) is 0 Å². The van der Waals surface area contributed by atoms with E-state index in [-0.39, 0.29) is 30.7 Å². The van der Waals surface area contributed by atoms with Crippen LogP contribution < -0.4 is 23.7 Å². The maximum atomic E-state index is 12.4. The predicted molar refractivity (Wildman–Crippen MR) is 305 cm³/mol. The molecule has 12 nitrogen and oxygen atoms in total. The summed E-state index contributed by atoms with van der Waals surface area (Å²) in [7, 11) is 9.87. The summed E-state index contributed by atoms with van der Waals surface area (Å²) in [5.74, 6) is 2.82. The van der Waals surface area contributed by atoms with Crippen LogP contribution in [0.5, 0.6) is 46.0 Å². The summed E-state index contributed by atoms with van der Waals surface area (Å²) in [4.78, 5) is 21.7. The van der Waals surface area contributed by atoms with Crippen molar-refractivity contribution in [2.45, 2.75) is 192 Å². The number of carbonyl (C=O) groups is 2. The third-order valence-corrected chi connectivity index (χ3v) is 17.5. The van der Waals surface area contributed by atoms with Gasteiger partial charge in [-0.1, -0.05) is 121 Å². The minimum Gasteiger partial charge on any atom is -0.502 e. The van der Waals surface area contributed by atoms with Crippen molar-refractivity contribution in [3.05, 3.63) is 94.0 Å². The Morgan fingerprint density at radius 2 is 0.948 bits per heavy atom. The Kier molecular flexibility index (Phi) is 22.7. The van der Waals surface area contributed by atoms with Gasteiger partial charge in [0.25, 0.3) is 0 Å². The Balaban J connectivity index is 1.14. The molecule has 4 heterocycles. The van der Waals surface area contributed by atoms with Gasteiger partial charge in [-0.3, -0.25) is 9.59 Å². The molecule has 4 aliphatic rings. The molecule has 12 heteroatoms. The van der Waals surface area contributed by atoms with E-state index in [9.17, 15) is 14.7 Å². The van der Waals surface area contributed by atoms with Crippen LogP contribution in [-0.4, -0.2) is 97.8 Å². The van der Waals surface area contributed by atoms with Crippen molar-refractivity contribution < 1.29 is 57.6 Å². The van der Waals surface area contributed by atoms with E-state index in [1.54, 1.807) is 21.3 Å². The minimum atomic E-state index is -0.695. The second-order valence-corrected chi connectivity index (χ2v) is 23.2. The largest absolute Gasteiger partial charge is 0.502 e. The number of carboxylic acid groups (broad SMARTS) is 2. The summed E-state index contributed by atoms with van der Waals surface area (Å²) in [5, 5.41) is 30.2. The first-order valence-electron chi connectivity index (χ1n) is 29.7. The van der Waals surface area contributed by atoms with E-state index in [0.29, 0.717) is 40.9 Å². The molecule has 0 saturated heterocycles. The molecule has 4 aromatic carbocycles. The lowest BCUT2D eigenvalue weighted by Gasteiger charge is -2.47. The lowest BCUT2D eigenvalue weighted by molar-refractivity contribution is -0.941. The number of likely N-dealkylation sites (N-methyl/N-ethyl adjacent to an activating group) is 2. The number of rotatable bonds is 31. The number of benzene rings is 4. The molecule has 77 heavy (non-hydrogen) atoms. The molecule has 4 aliphatic heterocycles. The van der Waals surface area contributed by atoms with Crippen molar-refractivity contribution in [3.8, 4) is 46.0 Å². The maximum Gasteiger partial charge on any atom is 0.303 e. The van der Waals surface area contributed by atoms with Gasteiger partial charge >= 0.3 is 11.9 Å². The summed E-state index contributed by atoms with van der Waals surface area (Å²) in [5.41, 5.74) is 7.02. The number of methoxy groups -OCH3 is 3.